The Morgan fingerprint density at radius 2 is 1.72 bits per heavy atom. The molecule has 5 rings (SSSR count). The van der Waals surface area contributed by atoms with Crippen molar-refractivity contribution in [3.63, 3.8) is 0 Å². The lowest BCUT2D eigenvalue weighted by Crippen LogP contribution is -2.60. The molecule has 4 saturated heterocycles. The summed E-state index contributed by atoms with van der Waals surface area (Å²) in [4.78, 5) is 12.8. The first-order valence-electron chi connectivity index (χ1n) is 18.7. The smallest absolute Gasteiger partial charge is 0.331 e. The number of esters is 1. The maximum atomic E-state index is 12.8. The monoisotopic (exact) mass is 716 g/mol. The maximum Gasteiger partial charge on any atom is 0.331 e. The number of ether oxygens (including phenoxy) is 6. The molecule has 4 fully saturated rings. The molecule has 282 valence electrons. The van der Waals surface area contributed by atoms with E-state index in [2.05, 4.69) is 59.8 Å². The lowest BCUT2D eigenvalue weighted by Gasteiger charge is -2.53. The Morgan fingerprint density at radius 3 is 2.36 bits per heavy atom. The van der Waals surface area contributed by atoms with Crippen molar-refractivity contribution in [1.82, 2.24) is 0 Å². The zero-order valence-corrected chi connectivity index (χ0v) is 33.7. The van der Waals surface area contributed by atoms with E-state index in [1.807, 2.05) is 39.0 Å². The molecular formula is C40H64O9Si. The molecule has 1 N–H and O–H groups in total. The summed E-state index contributed by atoms with van der Waals surface area (Å²) >= 11 is 0. The number of epoxide rings is 1. The van der Waals surface area contributed by atoms with Gasteiger partial charge in [0, 0.05) is 18.4 Å². The van der Waals surface area contributed by atoms with E-state index in [4.69, 9.17) is 32.8 Å². The number of benzene rings is 1. The second-order valence-corrected chi connectivity index (χ2v) is 23.0. The standard InChI is InChI=1S/C40H64O9Si/c1-26(23-32(41)48-36(3,4)5)39(10,42)35(49-50(11,12)37(6,7)8)34-33(44-34)30-18-19-31-38(9,46-30)20-21-40(47-31)27(2)22-29(45-40)25-43-24-28-16-14-13-15-17-28/h13-17,23,27,29-31,33-35,42H,18-22,24-25H2,1-12H3/b26-23+/t27-,29+,30?,31?,33-,34+,35+,38?,39+,40?/m0/s1. The van der Waals surface area contributed by atoms with Gasteiger partial charge in [0.15, 0.2) is 14.1 Å². The summed E-state index contributed by atoms with van der Waals surface area (Å²) in [6.45, 7) is 25.3. The van der Waals surface area contributed by atoms with E-state index in [1.54, 1.807) is 13.8 Å². The molecule has 9 nitrogen and oxygen atoms in total. The molecule has 4 aliphatic heterocycles. The van der Waals surface area contributed by atoms with Crippen LogP contribution >= 0.6 is 0 Å². The number of hydrogen-bond donors (Lipinski definition) is 1. The van der Waals surface area contributed by atoms with E-state index in [0.29, 0.717) is 18.8 Å². The van der Waals surface area contributed by atoms with Gasteiger partial charge in [0.05, 0.1) is 37.1 Å². The highest BCUT2D eigenvalue weighted by Crippen LogP contribution is 2.53. The third-order valence-corrected chi connectivity index (χ3v) is 16.3. The second-order valence-electron chi connectivity index (χ2n) is 18.2. The van der Waals surface area contributed by atoms with Gasteiger partial charge in [-0.2, -0.15) is 0 Å². The average Bonchev–Trinajstić information content (AvgIpc) is 3.73. The molecule has 1 aromatic rings. The summed E-state index contributed by atoms with van der Waals surface area (Å²) in [7, 11) is -2.37. The Balaban J connectivity index is 1.24. The fraction of sp³-hybridized carbons (Fsp3) is 0.775. The van der Waals surface area contributed by atoms with Crippen molar-refractivity contribution >= 4 is 14.3 Å². The van der Waals surface area contributed by atoms with Crippen molar-refractivity contribution in [2.75, 3.05) is 6.61 Å². The second kappa shape index (κ2) is 14.3. The first-order chi connectivity index (χ1) is 23.1. The van der Waals surface area contributed by atoms with E-state index in [9.17, 15) is 9.90 Å². The van der Waals surface area contributed by atoms with Gasteiger partial charge in [0.2, 0.25) is 0 Å². The van der Waals surface area contributed by atoms with Crippen molar-refractivity contribution < 1.29 is 42.7 Å². The molecule has 50 heavy (non-hydrogen) atoms. The van der Waals surface area contributed by atoms with Crippen LogP contribution in [0.2, 0.25) is 18.1 Å². The van der Waals surface area contributed by atoms with Gasteiger partial charge < -0.3 is 38.0 Å². The molecule has 4 heterocycles. The number of rotatable bonds is 11. The molecule has 0 aromatic heterocycles. The minimum absolute atomic E-state index is 0.00519. The van der Waals surface area contributed by atoms with Gasteiger partial charge in [-0.3, -0.25) is 0 Å². The molecule has 10 atom stereocenters. The van der Waals surface area contributed by atoms with Crippen LogP contribution in [-0.4, -0.2) is 85.2 Å². The maximum absolute atomic E-state index is 12.8. The van der Waals surface area contributed by atoms with Gasteiger partial charge in [-0.15, -0.1) is 0 Å². The van der Waals surface area contributed by atoms with Crippen LogP contribution in [0.4, 0.5) is 0 Å². The predicted molar refractivity (Wildman–Crippen MR) is 195 cm³/mol. The third-order valence-electron chi connectivity index (χ3n) is 11.8. The Bertz CT molecular complexity index is 1360. The number of hydrogen-bond acceptors (Lipinski definition) is 9. The molecule has 4 unspecified atom stereocenters. The van der Waals surface area contributed by atoms with Crippen LogP contribution in [0.5, 0.6) is 0 Å². The Hall–Kier alpha value is -1.63. The molecule has 0 aliphatic carbocycles. The van der Waals surface area contributed by atoms with Gasteiger partial charge >= 0.3 is 5.97 Å². The van der Waals surface area contributed by atoms with Crippen LogP contribution in [0.1, 0.15) is 107 Å². The van der Waals surface area contributed by atoms with Crippen LogP contribution < -0.4 is 0 Å². The highest BCUT2D eigenvalue weighted by atomic mass is 28.4. The van der Waals surface area contributed by atoms with E-state index >= 15 is 0 Å². The zero-order valence-electron chi connectivity index (χ0n) is 32.7. The van der Waals surface area contributed by atoms with Crippen molar-refractivity contribution in [2.45, 2.75) is 185 Å². The molecule has 0 amide bonds. The Kier molecular flexibility index (Phi) is 11.3. The lowest BCUT2D eigenvalue weighted by molar-refractivity contribution is -0.345. The predicted octanol–water partition coefficient (Wildman–Crippen LogP) is 7.64. The minimum atomic E-state index is -2.37. The summed E-state index contributed by atoms with van der Waals surface area (Å²) in [5, 5.41) is 12.0. The quantitative estimate of drug-likeness (QED) is 0.107. The van der Waals surface area contributed by atoms with Gasteiger partial charge in [-0.25, -0.2) is 4.79 Å². The van der Waals surface area contributed by atoms with Crippen LogP contribution in [-0.2, 0) is 44.2 Å². The Morgan fingerprint density at radius 1 is 1.04 bits per heavy atom. The molecule has 0 radical (unpaired) electrons. The van der Waals surface area contributed by atoms with Crippen molar-refractivity contribution in [2.24, 2.45) is 5.92 Å². The van der Waals surface area contributed by atoms with Gasteiger partial charge in [-0.1, -0.05) is 58.0 Å². The van der Waals surface area contributed by atoms with Crippen LogP contribution in [0, 0.1) is 5.92 Å². The number of fused-ring (bicyclic) bond motifs is 1. The summed E-state index contributed by atoms with van der Waals surface area (Å²) in [6, 6.07) is 10.2. The van der Waals surface area contributed by atoms with Crippen molar-refractivity contribution in [3.05, 3.63) is 47.5 Å². The van der Waals surface area contributed by atoms with E-state index in [1.165, 1.54) is 6.08 Å². The summed E-state index contributed by atoms with van der Waals surface area (Å²) in [5.74, 6) is -0.872. The first-order valence-corrected chi connectivity index (χ1v) is 21.6. The minimum Gasteiger partial charge on any atom is -0.457 e. The molecule has 4 aliphatic rings. The first kappa shape index (κ1) is 39.6. The number of carbonyl (C=O) groups excluding carboxylic acids is 1. The van der Waals surface area contributed by atoms with Gasteiger partial charge in [0.1, 0.15) is 29.5 Å². The van der Waals surface area contributed by atoms with E-state index in [-0.39, 0.29) is 35.4 Å². The fourth-order valence-corrected chi connectivity index (χ4v) is 8.82. The molecule has 0 saturated carbocycles. The van der Waals surface area contributed by atoms with Crippen LogP contribution in [0.3, 0.4) is 0 Å². The number of aliphatic hydroxyl groups is 1. The average molecular weight is 717 g/mol. The zero-order chi connectivity index (χ0) is 36.9. The molecular weight excluding hydrogens is 653 g/mol. The number of carbonyl (C=O) groups is 1. The summed E-state index contributed by atoms with van der Waals surface area (Å²) in [5.41, 5.74) is -0.980. The molecule has 10 heteroatoms. The van der Waals surface area contributed by atoms with E-state index < -0.39 is 49.1 Å². The fourth-order valence-electron chi connectivity index (χ4n) is 7.47. The van der Waals surface area contributed by atoms with Crippen LogP contribution in [0.25, 0.3) is 0 Å². The normalized spacial score (nSPS) is 35.3. The highest BCUT2D eigenvalue weighted by Gasteiger charge is 2.63. The SMILES string of the molecule is C/C(=C\C(=O)OC(C)(C)C)[C@@](C)(O)[C@H](O[Si](C)(C)C(C)(C)C)[C@@H]1O[C@H]1C1CCC2OC3(CCC2(C)O1)O[C@@H](COCc1ccccc1)C[C@@H]3C. The largest absolute Gasteiger partial charge is 0.457 e. The Labute approximate surface area is 301 Å². The third kappa shape index (κ3) is 8.76. The van der Waals surface area contributed by atoms with Crippen molar-refractivity contribution in [3.8, 4) is 0 Å². The molecule has 1 aromatic carbocycles. The van der Waals surface area contributed by atoms with E-state index in [0.717, 1.165) is 37.7 Å². The van der Waals surface area contributed by atoms with Gasteiger partial charge in [-0.05, 0) is 96.5 Å². The van der Waals surface area contributed by atoms with Gasteiger partial charge in [0.25, 0.3) is 0 Å². The van der Waals surface area contributed by atoms with Crippen LogP contribution in [0.15, 0.2) is 42.0 Å². The highest BCUT2D eigenvalue weighted by molar-refractivity contribution is 6.74. The molecule has 1 spiro atoms. The topological polar surface area (TPSA) is 105 Å². The molecule has 0 bridgehead atoms. The summed E-state index contributed by atoms with van der Waals surface area (Å²) < 4.78 is 45.4. The summed E-state index contributed by atoms with van der Waals surface area (Å²) in [6.07, 6.45) is 3.82. The van der Waals surface area contributed by atoms with Crippen molar-refractivity contribution in [1.29, 1.82) is 0 Å². The lowest BCUT2D eigenvalue weighted by atomic mass is 9.78.